The van der Waals surface area contributed by atoms with E-state index < -0.39 is 0 Å². The largest absolute Gasteiger partial charge is 0.490 e. The topological polar surface area (TPSA) is 73.1 Å². The zero-order valence-corrected chi connectivity index (χ0v) is 20.9. The van der Waals surface area contributed by atoms with E-state index in [0.717, 1.165) is 29.9 Å². The lowest BCUT2D eigenvalue weighted by molar-refractivity contribution is -0.108. The summed E-state index contributed by atoms with van der Waals surface area (Å²) in [4.78, 5) is 31.1. The molecule has 1 aromatic carbocycles. The molecule has 0 amide bonds. The van der Waals surface area contributed by atoms with Gasteiger partial charge in [0.2, 0.25) is 0 Å². The van der Waals surface area contributed by atoms with Gasteiger partial charge in [0.25, 0.3) is 0 Å². The third-order valence-electron chi connectivity index (χ3n) is 4.54. The Balaban J connectivity index is 0.00000118. The van der Waals surface area contributed by atoms with Crippen LogP contribution in [0.4, 0.5) is 11.5 Å². The van der Waals surface area contributed by atoms with Gasteiger partial charge in [0.05, 0.1) is 29.2 Å². The number of nitrogens with zero attached hydrogens (tertiary/aromatic N) is 3. The molecule has 176 valence electrons. The molecule has 0 N–H and O–H groups in total. The van der Waals surface area contributed by atoms with Gasteiger partial charge in [0, 0.05) is 39.6 Å². The summed E-state index contributed by atoms with van der Waals surface area (Å²) in [6.45, 7) is 12.4. The van der Waals surface area contributed by atoms with E-state index in [9.17, 15) is 9.59 Å². The van der Waals surface area contributed by atoms with Crippen LogP contribution in [-0.4, -0.2) is 50.5 Å². The Hall–Kier alpha value is -2.93. The highest BCUT2D eigenvalue weighted by molar-refractivity contribution is 5.99. The molecule has 0 spiro atoms. The van der Waals surface area contributed by atoms with Crippen molar-refractivity contribution in [3.05, 3.63) is 40.1 Å². The minimum absolute atomic E-state index is 0.0821. The molecule has 0 radical (unpaired) electrons. The third-order valence-corrected chi connectivity index (χ3v) is 4.54. The molecule has 0 saturated carbocycles. The van der Waals surface area contributed by atoms with E-state index in [4.69, 9.17) is 4.74 Å². The van der Waals surface area contributed by atoms with Crippen LogP contribution < -0.4 is 15.1 Å². The maximum atomic E-state index is 13.1. The molecule has 0 atom stereocenters. The minimum atomic E-state index is -0.178. The van der Waals surface area contributed by atoms with Gasteiger partial charge < -0.3 is 23.7 Å². The van der Waals surface area contributed by atoms with Crippen molar-refractivity contribution in [2.75, 3.05) is 32.7 Å². The maximum absolute atomic E-state index is 13.1. The second kappa shape index (κ2) is 12.8. The van der Waals surface area contributed by atoms with E-state index in [2.05, 4.69) is 9.73 Å². The number of carbonyl (C=O) groups is 1. The molecular formula is C25H37N3O4. The zero-order chi connectivity index (χ0) is 24.4. The average molecular weight is 444 g/mol. The predicted octanol–water partition coefficient (Wildman–Crippen LogP) is 4.68. The molecule has 7 nitrogen and oxygen atoms in total. The normalized spacial score (nSPS) is 11.6. The van der Waals surface area contributed by atoms with Crippen molar-refractivity contribution in [2.24, 2.45) is 4.99 Å². The summed E-state index contributed by atoms with van der Waals surface area (Å²) in [6.07, 6.45) is 4.47. The van der Waals surface area contributed by atoms with Crippen LogP contribution in [0.1, 0.15) is 40.2 Å². The highest BCUT2D eigenvalue weighted by atomic mass is 16.5. The SMILES string of the molecule is C/C=C\C(C)=N/c1cc(=O)c2c(OC(C)C)cc(C)c(N(C)C)c2n1CC=O.CCOC. The van der Waals surface area contributed by atoms with Crippen LogP contribution in [0, 0.1) is 6.92 Å². The molecule has 7 heteroatoms. The molecule has 0 bridgehead atoms. The Bertz CT molecular complexity index is 1030. The van der Waals surface area contributed by atoms with Crippen molar-refractivity contribution in [3.8, 4) is 5.75 Å². The van der Waals surface area contributed by atoms with E-state index >= 15 is 0 Å². The predicted molar refractivity (Wildman–Crippen MR) is 134 cm³/mol. The van der Waals surface area contributed by atoms with Crippen molar-refractivity contribution >= 4 is 34.4 Å². The zero-order valence-electron chi connectivity index (χ0n) is 20.9. The maximum Gasteiger partial charge on any atom is 0.195 e. The number of aryl methyl sites for hydroxylation is 1. The Kier molecular flexibility index (Phi) is 10.9. The first-order valence-corrected chi connectivity index (χ1v) is 10.8. The first-order chi connectivity index (χ1) is 15.1. The number of ether oxygens (including phenoxy) is 2. The van der Waals surface area contributed by atoms with E-state index in [1.165, 1.54) is 6.07 Å². The van der Waals surface area contributed by atoms with E-state index in [0.29, 0.717) is 22.5 Å². The summed E-state index contributed by atoms with van der Waals surface area (Å²) in [5.74, 6) is 0.975. The summed E-state index contributed by atoms with van der Waals surface area (Å²) in [5, 5.41) is 0.465. The number of allylic oxidation sites excluding steroid dienone is 2. The molecule has 2 aromatic rings. The van der Waals surface area contributed by atoms with Gasteiger partial charge in [-0.1, -0.05) is 6.08 Å². The number of aliphatic imine (C=N–C) groups is 1. The molecule has 1 aromatic heterocycles. The fourth-order valence-electron chi connectivity index (χ4n) is 3.36. The average Bonchev–Trinajstić information content (AvgIpc) is 2.70. The first kappa shape index (κ1) is 27.1. The molecule has 0 aliphatic rings. The van der Waals surface area contributed by atoms with Gasteiger partial charge in [-0.25, -0.2) is 4.99 Å². The fraction of sp³-hybridized carbons (Fsp3) is 0.480. The van der Waals surface area contributed by atoms with Crippen LogP contribution in [0.2, 0.25) is 0 Å². The van der Waals surface area contributed by atoms with Crippen molar-refractivity contribution in [1.29, 1.82) is 0 Å². The number of aldehydes is 1. The van der Waals surface area contributed by atoms with Crippen LogP contribution in [0.5, 0.6) is 5.75 Å². The van der Waals surface area contributed by atoms with E-state index in [-0.39, 0.29) is 18.1 Å². The molecule has 32 heavy (non-hydrogen) atoms. The number of anilines is 1. The summed E-state index contributed by atoms with van der Waals surface area (Å²) in [6, 6.07) is 3.36. The Labute approximate surface area is 191 Å². The fourth-order valence-corrected chi connectivity index (χ4v) is 3.36. The molecule has 0 saturated heterocycles. The molecular weight excluding hydrogens is 406 g/mol. The lowest BCUT2D eigenvalue weighted by Crippen LogP contribution is -2.19. The van der Waals surface area contributed by atoms with Gasteiger partial charge in [-0.15, -0.1) is 0 Å². The smallest absolute Gasteiger partial charge is 0.195 e. The number of pyridine rings is 1. The first-order valence-electron chi connectivity index (χ1n) is 10.8. The lowest BCUT2D eigenvalue weighted by atomic mass is 10.1. The number of fused-ring (bicyclic) bond motifs is 1. The molecule has 0 fully saturated rings. The number of carbonyl (C=O) groups excluding carboxylic acids is 1. The van der Waals surface area contributed by atoms with Crippen molar-refractivity contribution in [3.63, 3.8) is 0 Å². The Morgan fingerprint density at radius 3 is 2.38 bits per heavy atom. The Morgan fingerprint density at radius 2 is 1.91 bits per heavy atom. The second-order valence-corrected chi connectivity index (χ2v) is 7.80. The number of aromatic nitrogens is 1. The van der Waals surface area contributed by atoms with Gasteiger partial charge in [0.15, 0.2) is 5.43 Å². The second-order valence-electron chi connectivity index (χ2n) is 7.80. The highest BCUT2D eigenvalue weighted by Gasteiger charge is 2.20. The number of methoxy groups -OCH3 is 1. The van der Waals surface area contributed by atoms with E-state index in [1.54, 1.807) is 11.7 Å². The summed E-state index contributed by atoms with van der Waals surface area (Å²) in [5.41, 5.74) is 3.05. The lowest BCUT2D eigenvalue weighted by Gasteiger charge is -2.24. The van der Waals surface area contributed by atoms with Gasteiger partial charge in [-0.3, -0.25) is 4.79 Å². The van der Waals surface area contributed by atoms with Crippen molar-refractivity contribution in [1.82, 2.24) is 4.57 Å². The van der Waals surface area contributed by atoms with Gasteiger partial charge in [0.1, 0.15) is 17.9 Å². The third kappa shape index (κ3) is 6.79. The van der Waals surface area contributed by atoms with Crippen LogP contribution in [0.25, 0.3) is 10.9 Å². The van der Waals surface area contributed by atoms with E-state index in [1.807, 2.05) is 78.8 Å². The van der Waals surface area contributed by atoms with Crippen molar-refractivity contribution < 1.29 is 14.3 Å². The minimum Gasteiger partial charge on any atom is -0.490 e. The summed E-state index contributed by atoms with van der Waals surface area (Å²) >= 11 is 0. The van der Waals surface area contributed by atoms with Crippen LogP contribution >= 0.6 is 0 Å². The van der Waals surface area contributed by atoms with Crippen LogP contribution in [-0.2, 0) is 16.1 Å². The van der Waals surface area contributed by atoms with Gasteiger partial charge >= 0.3 is 0 Å². The molecule has 1 heterocycles. The van der Waals surface area contributed by atoms with Gasteiger partial charge in [-0.05, 0) is 59.2 Å². The number of hydrogen-bond acceptors (Lipinski definition) is 6. The summed E-state index contributed by atoms with van der Waals surface area (Å²) in [7, 11) is 5.52. The molecule has 0 unspecified atom stereocenters. The molecule has 0 aliphatic carbocycles. The standard InChI is InChI=1S/C22H29N3O3.C3H8O/c1-8-9-16(5)23-19-13-17(27)20-18(28-14(2)3)12-15(4)21(24(6)7)22(20)25(19)10-11-26;1-3-4-2/h8-9,11-14H,10H2,1-7H3;3H2,1-2H3/b9-8-,23-16-;. The van der Waals surface area contributed by atoms with Crippen molar-refractivity contribution in [2.45, 2.75) is 54.2 Å². The van der Waals surface area contributed by atoms with Crippen LogP contribution in [0.3, 0.4) is 0 Å². The monoisotopic (exact) mass is 443 g/mol. The molecule has 2 rings (SSSR count). The highest BCUT2D eigenvalue weighted by Crippen LogP contribution is 2.37. The molecule has 0 aliphatic heterocycles. The Morgan fingerprint density at radius 1 is 1.28 bits per heavy atom. The van der Waals surface area contributed by atoms with Gasteiger partial charge in [-0.2, -0.15) is 0 Å². The number of rotatable bonds is 8. The number of hydrogen-bond donors (Lipinski definition) is 0. The quantitative estimate of drug-likeness (QED) is 0.437. The summed E-state index contributed by atoms with van der Waals surface area (Å²) < 4.78 is 12.3. The van der Waals surface area contributed by atoms with Crippen LogP contribution in [0.15, 0.2) is 34.1 Å². The number of benzene rings is 1.